The first kappa shape index (κ1) is 14.1. The fraction of sp³-hybridized carbons (Fsp3) is 0.235. The Hall–Kier alpha value is -2.29. The third-order valence-corrected chi connectivity index (χ3v) is 2.49. The Balaban J connectivity index is 1.94. The SMILES string of the molecule is CC(C)(C)Oc1ccc(C=NNc2ccccc2)cc1. The van der Waals surface area contributed by atoms with Crippen LogP contribution in [0.3, 0.4) is 0 Å². The van der Waals surface area contributed by atoms with Crippen LogP contribution < -0.4 is 10.2 Å². The predicted octanol–water partition coefficient (Wildman–Crippen LogP) is 4.31. The van der Waals surface area contributed by atoms with Crippen molar-refractivity contribution in [1.82, 2.24) is 0 Å². The van der Waals surface area contributed by atoms with Gasteiger partial charge in [-0.25, -0.2) is 0 Å². The number of hydrazone groups is 1. The lowest BCUT2D eigenvalue weighted by atomic mass is 10.2. The van der Waals surface area contributed by atoms with Gasteiger partial charge in [-0.2, -0.15) is 5.10 Å². The van der Waals surface area contributed by atoms with E-state index in [0.29, 0.717) is 0 Å². The van der Waals surface area contributed by atoms with E-state index in [0.717, 1.165) is 17.0 Å². The molecule has 0 amide bonds. The Labute approximate surface area is 120 Å². The van der Waals surface area contributed by atoms with Crippen LogP contribution in [0, 0.1) is 0 Å². The molecule has 0 saturated carbocycles. The van der Waals surface area contributed by atoms with Gasteiger partial charge in [0.05, 0.1) is 11.9 Å². The Kier molecular flexibility index (Phi) is 4.41. The Morgan fingerprint density at radius 2 is 1.60 bits per heavy atom. The molecule has 1 N–H and O–H groups in total. The molecule has 0 unspecified atom stereocenters. The lowest BCUT2D eigenvalue weighted by Gasteiger charge is -2.21. The quantitative estimate of drug-likeness (QED) is 0.662. The molecule has 0 bridgehead atoms. The molecule has 0 saturated heterocycles. The van der Waals surface area contributed by atoms with Crippen molar-refractivity contribution in [3.8, 4) is 5.75 Å². The number of benzene rings is 2. The van der Waals surface area contributed by atoms with Crippen molar-refractivity contribution in [3.05, 3.63) is 60.2 Å². The van der Waals surface area contributed by atoms with Crippen molar-refractivity contribution >= 4 is 11.9 Å². The molecule has 20 heavy (non-hydrogen) atoms. The van der Waals surface area contributed by atoms with E-state index in [-0.39, 0.29) is 5.60 Å². The molecule has 0 aliphatic carbocycles. The molecule has 2 aromatic rings. The average Bonchev–Trinajstić information content (AvgIpc) is 2.40. The first-order valence-electron chi connectivity index (χ1n) is 6.66. The van der Waals surface area contributed by atoms with Crippen LogP contribution in [-0.2, 0) is 0 Å². The first-order valence-corrected chi connectivity index (χ1v) is 6.66. The molecular formula is C17H20N2O. The normalized spacial score (nSPS) is 11.6. The number of hydrogen-bond acceptors (Lipinski definition) is 3. The highest BCUT2D eigenvalue weighted by Gasteiger charge is 2.10. The van der Waals surface area contributed by atoms with Crippen LogP contribution in [0.25, 0.3) is 0 Å². The van der Waals surface area contributed by atoms with E-state index in [1.807, 2.05) is 75.4 Å². The third-order valence-electron chi connectivity index (χ3n) is 2.49. The molecule has 0 aliphatic rings. The van der Waals surface area contributed by atoms with Crippen LogP contribution in [0.1, 0.15) is 26.3 Å². The Bertz CT molecular complexity index is 554. The fourth-order valence-electron chi connectivity index (χ4n) is 1.67. The van der Waals surface area contributed by atoms with Gasteiger partial charge in [0.15, 0.2) is 0 Å². The van der Waals surface area contributed by atoms with Crippen LogP contribution in [0.2, 0.25) is 0 Å². The highest BCUT2D eigenvalue weighted by molar-refractivity contribution is 5.80. The number of nitrogens with zero attached hydrogens (tertiary/aromatic N) is 1. The van der Waals surface area contributed by atoms with E-state index in [4.69, 9.17) is 4.74 Å². The summed E-state index contributed by atoms with van der Waals surface area (Å²) >= 11 is 0. The molecular weight excluding hydrogens is 248 g/mol. The topological polar surface area (TPSA) is 33.6 Å². The van der Waals surface area contributed by atoms with E-state index >= 15 is 0 Å². The maximum Gasteiger partial charge on any atom is 0.120 e. The first-order chi connectivity index (χ1) is 9.53. The van der Waals surface area contributed by atoms with Crippen LogP contribution >= 0.6 is 0 Å². The van der Waals surface area contributed by atoms with Crippen LogP contribution in [0.4, 0.5) is 5.69 Å². The zero-order valence-corrected chi connectivity index (χ0v) is 12.1. The standard InChI is InChI=1S/C17H20N2O/c1-17(2,3)20-16-11-9-14(10-12-16)13-18-19-15-7-5-4-6-8-15/h4-13,19H,1-3H3. The second kappa shape index (κ2) is 6.24. The van der Waals surface area contributed by atoms with Gasteiger partial charge in [0.1, 0.15) is 11.4 Å². The van der Waals surface area contributed by atoms with Crippen molar-refractivity contribution in [3.63, 3.8) is 0 Å². The fourth-order valence-corrected chi connectivity index (χ4v) is 1.67. The summed E-state index contributed by atoms with van der Waals surface area (Å²) < 4.78 is 5.77. The molecule has 2 aromatic carbocycles. The van der Waals surface area contributed by atoms with Gasteiger partial charge in [-0.1, -0.05) is 18.2 Å². The van der Waals surface area contributed by atoms with Crippen LogP contribution in [-0.4, -0.2) is 11.8 Å². The minimum atomic E-state index is -0.176. The molecule has 0 radical (unpaired) electrons. The molecule has 0 atom stereocenters. The van der Waals surface area contributed by atoms with Gasteiger partial charge in [-0.3, -0.25) is 5.43 Å². The van der Waals surface area contributed by atoms with E-state index in [2.05, 4.69) is 10.5 Å². The lowest BCUT2D eigenvalue weighted by molar-refractivity contribution is 0.131. The average molecular weight is 268 g/mol. The van der Waals surface area contributed by atoms with Gasteiger partial charge in [0.2, 0.25) is 0 Å². The number of rotatable bonds is 4. The van der Waals surface area contributed by atoms with Crippen molar-refractivity contribution in [2.24, 2.45) is 5.10 Å². The third kappa shape index (κ3) is 4.76. The van der Waals surface area contributed by atoms with Crippen molar-refractivity contribution in [2.45, 2.75) is 26.4 Å². The molecule has 2 rings (SSSR count). The summed E-state index contributed by atoms with van der Waals surface area (Å²) in [5.41, 5.74) is 4.80. The molecule has 3 nitrogen and oxygen atoms in total. The van der Waals surface area contributed by atoms with Crippen LogP contribution in [0.5, 0.6) is 5.75 Å². The molecule has 3 heteroatoms. The summed E-state index contributed by atoms with van der Waals surface area (Å²) in [6, 6.07) is 17.7. The van der Waals surface area contributed by atoms with Crippen molar-refractivity contribution in [2.75, 3.05) is 5.43 Å². The van der Waals surface area contributed by atoms with Crippen LogP contribution in [0.15, 0.2) is 59.7 Å². The van der Waals surface area contributed by atoms with E-state index in [9.17, 15) is 0 Å². The summed E-state index contributed by atoms with van der Waals surface area (Å²) in [6.45, 7) is 6.10. The molecule has 0 heterocycles. The largest absolute Gasteiger partial charge is 0.488 e. The van der Waals surface area contributed by atoms with Gasteiger partial charge < -0.3 is 4.74 Å². The molecule has 0 fully saturated rings. The number of nitrogens with one attached hydrogen (secondary N) is 1. The lowest BCUT2D eigenvalue weighted by Crippen LogP contribution is -2.22. The summed E-state index contributed by atoms with van der Waals surface area (Å²) in [5.74, 6) is 0.866. The number of anilines is 1. The van der Waals surface area contributed by atoms with E-state index in [1.54, 1.807) is 6.21 Å². The zero-order valence-electron chi connectivity index (χ0n) is 12.1. The number of ether oxygens (including phenoxy) is 1. The second-order valence-electron chi connectivity index (χ2n) is 5.52. The minimum absolute atomic E-state index is 0.176. The van der Waals surface area contributed by atoms with Gasteiger partial charge in [0, 0.05) is 0 Å². The molecule has 0 aliphatic heterocycles. The highest BCUT2D eigenvalue weighted by Crippen LogP contribution is 2.17. The monoisotopic (exact) mass is 268 g/mol. The molecule has 0 aromatic heterocycles. The van der Waals surface area contributed by atoms with Crippen molar-refractivity contribution < 1.29 is 4.74 Å². The maximum atomic E-state index is 5.77. The maximum absolute atomic E-state index is 5.77. The predicted molar refractivity (Wildman–Crippen MR) is 84.5 cm³/mol. The number of para-hydroxylation sites is 1. The second-order valence-corrected chi connectivity index (χ2v) is 5.52. The Morgan fingerprint density at radius 3 is 2.20 bits per heavy atom. The minimum Gasteiger partial charge on any atom is -0.488 e. The van der Waals surface area contributed by atoms with E-state index in [1.165, 1.54) is 0 Å². The van der Waals surface area contributed by atoms with Gasteiger partial charge in [-0.15, -0.1) is 0 Å². The van der Waals surface area contributed by atoms with Gasteiger partial charge >= 0.3 is 0 Å². The van der Waals surface area contributed by atoms with E-state index < -0.39 is 0 Å². The smallest absolute Gasteiger partial charge is 0.120 e. The summed E-state index contributed by atoms with van der Waals surface area (Å²) in [7, 11) is 0. The summed E-state index contributed by atoms with van der Waals surface area (Å²) in [5, 5.41) is 4.20. The zero-order chi connectivity index (χ0) is 14.4. The van der Waals surface area contributed by atoms with Crippen molar-refractivity contribution in [1.29, 1.82) is 0 Å². The summed E-state index contributed by atoms with van der Waals surface area (Å²) in [6.07, 6.45) is 1.79. The Morgan fingerprint density at radius 1 is 0.950 bits per heavy atom. The highest BCUT2D eigenvalue weighted by atomic mass is 16.5. The summed E-state index contributed by atoms with van der Waals surface area (Å²) in [4.78, 5) is 0. The van der Waals surface area contributed by atoms with Gasteiger partial charge in [-0.05, 0) is 62.7 Å². The molecule has 104 valence electrons. The molecule has 0 spiro atoms. The number of hydrogen-bond donors (Lipinski definition) is 1. The van der Waals surface area contributed by atoms with Gasteiger partial charge in [0.25, 0.3) is 0 Å².